The van der Waals surface area contributed by atoms with E-state index in [4.69, 9.17) is 0 Å². The Morgan fingerprint density at radius 1 is 1.20 bits per heavy atom. The van der Waals surface area contributed by atoms with Crippen molar-refractivity contribution in [1.82, 2.24) is 0 Å². The molecule has 2 heteroatoms. The summed E-state index contributed by atoms with van der Waals surface area (Å²) in [7, 11) is 0. The van der Waals surface area contributed by atoms with E-state index in [1.54, 1.807) is 0 Å². The van der Waals surface area contributed by atoms with Crippen LogP contribution in [0.3, 0.4) is 0 Å². The first kappa shape index (κ1) is 8.86. The molecule has 74 valence electrons. The fraction of sp³-hybridized carbons (Fsp3) is 0.154. The average Bonchev–Trinajstić information content (AvgIpc) is 2.74. The van der Waals surface area contributed by atoms with Crippen molar-refractivity contribution in [2.75, 3.05) is 6.54 Å². The van der Waals surface area contributed by atoms with Crippen molar-refractivity contribution in [2.24, 2.45) is 4.99 Å². The fourth-order valence-electron chi connectivity index (χ4n) is 1.92. The highest BCUT2D eigenvalue weighted by atomic mass is 32.1. The van der Waals surface area contributed by atoms with Crippen molar-refractivity contribution in [3.63, 3.8) is 0 Å². The summed E-state index contributed by atoms with van der Waals surface area (Å²) in [5.74, 6) is 0. The van der Waals surface area contributed by atoms with Crippen LogP contribution in [0.4, 0.5) is 0 Å². The van der Waals surface area contributed by atoms with Gasteiger partial charge < -0.3 is 0 Å². The van der Waals surface area contributed by atoms with E-state index in [1.165, 1.54) is 21.2 Å². The van der Waals surface area contributed by atoms with Gasteiger partial charge in [0.05, 0.1) is 6.54 Å². The maximum atomic E-state index is 4.33. The number of hydrogen-bond donors (Lipinski definition) is 0. The molecule has 15 heavy (non-hydrogen) atoms. The van der Waals surface area contributed by atoms with Gasteiger partial charge in [0, 0.05) is 22.7 Å². The summed E-state index contributed by atoms with van der Waals surface area (Å²) in [5, 5.41) is 3.61. The predicted octanol–water partition coefficient (Wildman–Crippen LogP) is 3.76. The standard InChI is InChI=1S/C13H11NS/c1-2-6-13-11(5-1)12(9-15-13)10-4-3-7-14-8-10/h1-2,4-7,9H,3,8H2. The Labute approximate surface area is 92.8 Å². The molecule has 0 fully saturated rings. The number of benzene rings is 1. The monoisotopic (exact) mass is 213 g/mol. The largest absolute Gasteiger partial charge is 0.292 e. The van der Waals surface area contributed by atoms with Crippen molar-refractivity contribution < 1.29 is 0 Å². The molecule has 0 saturated heterocycles. The second-order valence-corrected chi connectivity index (χ2v) is 4.55. The number of rotatable bonds is 1. The Hall–Kier alpha value is -1.41. The van der Waals surface area contributed by atoms with Crippen LogP contribution in [0.15, 0.2) is 40.7 Å². The zero-order chi connectivity index (χ0) is 10.1. The zero-order valence-electron chi connectivity index (χ0n) is 8.31. The number of aliphatic imine (C=N–C) groups is 1. The van der Waals surface area contributed by atoms with E-state index in [0.717, 1.165) is 13.0 Å². The number of hydrogen-bond acceptors (Lipinski definition) is 2. The molecule has 0 saturated carbocycles. The predicted molar refractivity (Wildman–Crippen MR) is 67.8 cm³/mol. The fourth-order valence-corrected chi connectivity index (χ4v) is 2.90. The number of allylic oxidation sites excluding steroid dienone is 1. The van der Waals surface area contributed by atoms with E-state index in [9.17, 15) is 0 Å². The van der Waals surface area contributed by atoms with Gasteiger partial charge in [-0.05, 0) is 22.6 Å². The van der Waals surface area contributed by atoms with Gasteiger partial charge in [-0.1, -0.05) is 24.3 Å². The van der Waals surface area contributed by atoms with Crippen molar-refractivity contribution in [3.8, 4) is 0 Å². The van der Waals surface area contributed by atoms with Gasteiger partial charge in [-0.3, -0.25) is 4.99 Å². The van der Waals surface area contributed by atoms with Crippen LogP contribution < -0.4 is 0 Å². The average molecular weight is 213 g/mol. The molecule has 2 aromatic rings. The molecule has 0 bridgehead atoms. The second kappa shape index (κ2) is 3.63. The summed E-state index contributed by atoms with van der Waals surface area (Å²) in [6.45, 7) is 0.834. The van der Waals surface area contributed by atoms with Gasteiger partial charge >= 0.3 is 0 Å². The minimum Gasteiger partial charge on any atom is -0.292 e. The highest BCUT2D eigenvalue weighted by Crippen LogP contribution is 2.31. The third kappa shape index (κ3) is 1.51. The lowest BCUT2D eigenvalue weighted by Gasteiger charge is -2.06. The maximum Gasteiger partial charge on any atom is 0.0639 e. The number of dihydropyridines is 1. The van der Waals surface area contributed by atoms with Gasteiger partial charge in [-0.25, -0.2) is 0 Å². The molecule has 0 atom stereocenters. The Bertz CT molecular complexity index is 548. The molecule has 0 aliphatic carbocycles. The zero-order valence-corrected chi connectivity index (χ0v) is 9.13. The topological polar surface area (TPSA) is 12.4 Å². The van der Waals surface area contributed by atoms with E-state index in [2.05, 4.69) is 40.7 Å². The lowest BCUT2D eigenvalue weighted by Crippen LogP contribution is -1.93. The molecular formula is C13H11NS. The van der Waals surface area contributed by atoms with Gasteiger partial charge in [0.2, 0.25) is 0 Å². The molecule has 1 nitrogen and oxygen atoms in total. The van der Waals surface area contributed by atoms with Crippen LogP contribution >= 0.6 is 11.3 Å². The van der Waals surface area contributed by atoms with Gasteiger partial charge in [0.15, 0.2) is 0 Å². The lowest BCUT2D eigenvalue weighted by molar-refractivity contribution is 1.21. The smallest absolute Gasteiger partial charge is 0.0639 e. The summed E-state index contributed by atoms with van der Waals surface area (Å²) in [6, 6.07) is 8.57. The first-order chi connectivity index (χ1) is 7.45. The molecule has 1 aromatic heterocycles. The summed E-state index contributed by atoms with van der Waals surface area (Å²) < 4.78 is 1.36. The Morgan fingerprint density at radius 3 is 3.00 bits per heavy atom. The highest BCUT2D eigenvalue weighted by Gasteiger charge is 2.08. The Morgan fingerprint density at radius 2 is 2.13 bits per heavy atom. The summed E-state index contributed by atoms with van der Waals surface area (Å²) in [6.07, 6.45) is 5.24. The molecule has 1 aromatic carbocycles. The van der Waals surface area contributed by atoms with Crippen LogP contribution in [0.5, 0.6) is 0 Å². The van der Waals surface area contributed by atoms with E-state index < -0.39 is 0 Å². The van der Waals surface area contributed by atoms with Crippen molar-refractivity contribution >= 4 is 33.2 Å². The van der Waals surface area contributed by atoms with Gasteiger partial charge in [0.1, 0.15) is 0 Å². The lowest BCUT2D eigenvalue weighted by atomic mass is 10.0. The quantitative estimate of drug-likeness (QED) is 0.684. The van der Waals surface area contributed by atoms with Crippen LogP contribution in [-0.4, -0.2) is 12.8 Å². The van der Waals surface area contributed by atoms with Crippen molar-refractivity contribution in [3.05, 3.63) is 41.3 Å². The third-order valence-electron chi connectivity index (χ3n) is 2.69. The third-order valence-corrected chi connectivity index (χ3v) is 3.65. The summed E-state index contributed by atoms with van der Waals surface area (Å²) in [5.41, 5.74) is 2.74. The van der Waals surface area contributed by atoms with E-state index in [1.807, 2.05) is 17.6 Å². The van der Waals surface area contributed by atoms with Crippen LogP contribution in [0.25, 0.3) is 15.7 Å². The summed E-state index contributed by atoms with van der Waals surface area (Å²) in [4.78, 5) is 4.33. The van der Waals surface area contributed by atoms with E-state index in [-0.39, 0.29) is 0 Å². The van der Waals surface area contributed by atoms with Gasteiger partial charge in [0.25, 0.3) is 0 Å². The molecule has 1 aliphatic heterocycles. The molecule has 0 spiro atoms. The summed E-state index contributed by atoms with van der Waals surface area (Å²) >= 11 is 1.81. The van der Waals surface area contributed by atoms with Crippen LogP contribution in [-0.2, 0) is 0 Å². The van der Waals surface area contributed by atoms with Crippen molar-refractivity contribution in [1.29, 1.82) is 0 Å². The normalized spacial score (nSPS) is 15.6. The van der Waals surface area contributed by atoms with E-state index in [0.29, 0.717) is 0 Å². The molecule has 0 N–H and O–H groups in total. The number of thiophene rings is 1. The molecule has 3 rings (SSSR count). The first-order valence-corrected chi connectivity index (χ1v) is 5.97. The van der Waals surface area contributed by atoms with Crippen LogP contribution in [0.2, 0.25) is 0 Å². The first-order valence-electron chi connectivity index (χ1n) is 5.09. The molecular weight excluding hydrogens is 202 g/mol. The van der Waals surface area contributed by atoms with Crippen LogP contribution in [0.1, 0.15) is 12.0 Å². The number of nitrogens with zero attached hydrogens (tertiary/aromatic N) is 1. The molecule has 0 amide bonds. The molecule has 0 radical (unpaired) electrons. The SMILES string of the molecule is C1=NCC(c2csc3ccccc23)=CC1. The van der Waals surface area contributed by atoms with Gasteiger partial charge in [-0.15, -0.1) is 11.3 Å². The Kier molecular flexibility index (Phi) is 2.14. The number of fused-ring (bicyclic) bond motifs is 1. The minimum atomic E-state index is 0.834. The van der Waals surface area contributed by atoms with Crippen molar-refractivity contribution in [2.45, 2.75) is 6.42 Å². The molecule has 1 aliphatic rings. The Balaban J connectivity index is 2.15. The second-order valence-electron chi connectivity index (χ2n) is 3.63. The minimum absolute atomic E-state index is 0.834. The molecule has 2 heterocycles. The van der Waals surface area contributed by atoms with E-state index >= 15 is 0 Å². The maximum absolute atomic E-state index is 4.33. The highest BCUT2D eigenvalue weighted by molar-refractivity contribution is 7.17. The van der Waals surface area contributed by atoms with Gasteiger partial charge in [-0.2, -0.15) is 0 Å². The molecule has 0 unspecified atom stereocenters. The van der Waals surface area contributed by atoms with Crippen LogP contribution in [0, 0.1) is 0 Å².